The minimum Gasteiger partial charge on any atom is -0.366 e. The fraction of sp³-hybridized carbons (Fsp3) is 0.333. The maximum absolute atomic E-state index is 5.51. The molecule has 0 amide bonds. The van der Waals surface area contributed by atoms with Crippen molar-refractivity contribution in [3.8, 4) is 5.82 Å². The molecular weight excluding hydrogens is 272 g/mol. The molecule has 0 aliphatic rings. The monoisotopic (exact) mass is 282 g/mol. The Morgan fingerprint density at radius 3 is 2.69 bits per heavy atom. The molecule has 0 aliphatic heterocycles. The van der Waals surface area contributed by atoms with Gasteiger partial charge in [-0.15, -0.1) is 5.10 Å². The Morgan fingerprint density at radius 2 is 2.12 bits per heavy atom. The van der Waals surface area contributed by atoms with Crippen LogP contribution in [0.3, 0.4) is 0 Å². The van der Waals surface area contributed by atoms with Crippen molar-refractivity contribution in [3.63, 3.8) is 0 Å². The fourth-order valence-corrected chi connectivity index (χ4v) is 1.80. The normalized spacial score (nSPS) is 10.7. The highest BCUT2D eigenvalue weighted by Crippen LogP contribution is 2.14. The topological polar surface area (TPSA) is 82.5 Å². The Morgan fingerprint density at radius 1 is 1.38 bits per heavy atom. The highest BCUT2D eigenvalue weighted by molar-refractivity contribution is 9.10. The first-order chi connectivity index (χ1) is 7.60. The van der Waals surface area contributed by atoms with E-state index in [-0.39, 0.29) is 5.95 Å². The lowest BCUT2D eigenvalue weighted by atomic mass is 10.3. The van der Waals surface area contributed by atoms with Crippen LogP contribution in [0.25, 0.3) is 5.82 Å². The molecule has 0 aromatic carbocycles. The van der Waals surface area contributed by atoms with Gasteiger partial charge in [-0.1, -0.05) is 6.92 Å². The van der Waals surface area contributed by atoms with Crippen molar-refractivity contribution in [3.05, 3.63) is 22.3 Å². The first-order valence-electron chi connectivity index (χ1n) is 4.83. The molecule has 0 saturated heterocycles. The predicted octanol–water partition coefficient (Wildman–Crippen LogP) is 1.27. The number of anilines is 1. The van der Waals surface area contributed by atoms with Crippen molar-refractivity contribution in [2.24, 2.45) is 0 Å². The number of nitrogens with two attached hydrogens (primary N) is 1. The van der Waals surface area contributed by atoms with Crippen molar-refractivity contribution in [2.45, 2.75) is 20.3 Å². The number of aryl methyl sites for hydroxylation is 2. The zero-order valence-corrected chi connectivity index (χ0v) is 10.6. The minimum atomic E-state index is 0.209. The third-order valence-corrected chi connectivity index (χ3v) is 2.55. The SMILES string of the molecule is CCc1cc(-n2nc(N)nc2Br)nc(C)n1. The van der Waals surface area contributed by atoms with Gasteiger partial charge in [-0.2, -0.15) is 9.67 Å². The molecule has 0 bridgehead atoms. The molecule has 0 aliphatic carbocycles. The van der Waals surface area contributed by atoms with Crippen LogP contribution in [0, 0.1) is 6.92 Å². The van der Waals surface area contributed by atoms with Gasteiger partial charge in [-0.25, -0.2) is 9.97 Å². The second kappa shape index (κ2) is 4.17. The lowest BCUT2D eigenvalue weighted by Gasteiger charge is -2.04. The van der Waals surface area contributed by atoms with E-state index in [0.29, 0.717) is 16.4 Å². The zero-order chi connectivity index (χ0) is 11.7. The van der Waals surface area contributed by atoms with E-state index >= 15 is 0 Å². The van der Waals surface area contributed by atoms with Crippen LogP contribution in [0.4, 0.5) is 5.95 Å². The highest BCUT2D eigenvalue weighted by Gasteiger charge is 2.09. The summed E-state index contributed by atoms with van der Waals surface area (Å²) >= 11 is 3.27. The second-order valence-corrected chi connectivity index (χ2v) is 3.98. The van der Waals surface area contributed by atoms with Crippen molar-refractivity contribution in [1.29, 1.82) is 0 Å². The summed E-state index contributed by atoms with van der Waals surface area (Å²) < 4.78 is 2.08. The summed E-state index contributed by atoms with van der Waals surface area (Å²) in [4.78, 5) is 12.5. The van der Waals surface area contributed by atoms with Gasteiger partial charge in [0.25, 0.3) is 0 Å². The van der Waals surface area contributed by atoms with Gasteiger partial charge in [-0.3, -0.25) is 0 Å². The van der Waals surface area contributed by atoms with Gasteiger partial charge in [0.05, 0.1) is 0 Å². The average molecular weight is 283 g/mol. The zero-order valence-electron chi connectivity index (χ0n) is 8.98. The van der Waals surface area contributed by atoms with E-state index in [0.717, 1.165) is 12.1 Å². The molecule has 2 rings (SSSR count). The fourth-order valence-electron chi connectivity index (χ4n) is 1.36. The lowest BCUT2D eigenvalue weighted by molar-refractivity contribution is 0.799. The number of hydrogen-bond donors (Lipinski definition) is 1. The van der Waals surface area contributed by atoms with E-state index in [4.69, 9.17) is 5.73 Å². The Kier molecular flexibility index (Phi) is 2.86. The molecule has 2 heterocycles. The number of halogens is 1. The van der Waals surface area contributed by atoms with E-state index in [1.165, 1.54) is 0 Å². The first kappa shape index (κ1) is 11.0. The van der Waals surface area contributed by atoms with Crippen molar-refractivity contribution in [1.82, 2.24) is 24.7 Å². The molecule has 2 N–H and O–H groups in total. The second-order valence-electron chi connectivity index (χ2n) is 3.27. The molecule has 0 fully saturated rings. The van der Waals surface area contributed by atoms with Crippen LogP contribution in [0.5, 0.6) is 0 Å². The summed E-state index contributed by atoms with van der Waals surface area (Å²) in [6.45, 7) is 3.88. The van der Waals surface area contributed by atoms with Crippen LogP contribution in [0.15, 0.2) is 10.8 Å². The summed E-state index contributed by atoms with van der Waals surface area (Å²) in [5.41, 5.74) is 6.47. The maximum Gasteiger partial charge on any atom is 0.240 e. The number of aromatic nitrogens is 5. The van der Waals surface area contributed by atoms with Gasteiger partial charge in [0, 0.05) is 11.8 Å². The van der Waals surface area contributed by atoms with Gasteiger partial charge < -0.3 is 5.73 Å². The summed E-state index contributed by atoms with van der Waals surface area (Å²) in [5.74, 6) is 1.58. The van der Waals surface area contributed by atoms with Crippen LogP contribution in [0.2, 0.25) is 0 Å². The Hall–Kier alpha value is -1.50. The molecule has 0 radical (unpaired) electrons. The number of nitrogens with zero attached hydrogens (tertiary/aromatic N) is 5. The molecule has 2 aromatic heterocycles. The lowest BCUT2D eigenvalue weighted by Crippen LogP contribution is -2.05. The average Bonchev–Trinajstić information content (AvgIpc) is 2.57. The maximum atomic E-state index is 5.51. The van der Waals surface area contributed by atoms with Crippen LogP contribution in [-0.4, -0.2) is 24.7 Å². The summed E-state index contributed by atoms with van der Waals surface area (Å²) in [7, 11) is 0. The molecule has 0 spiro atoms. The largest absolute Gasteiger partial charge is 0.366 e. The molecule has 0 unspecified atom stereocenters. The number of hydrogen-bond acceptors (Lipinski definition) is 5. The molecule has 0 atom stereocenters. The molecule has 84 valence electrons. The summed E-state index contributed by atoms with van der Waals surface area (Å²) in [5, 5.41) is 4.04. The van der Waals surface area contributed by atoms with Crippen LogP contribution >= 0.6 is 15.9 Å². The van der Waals surface area contributed by atoms with E-state index < -0.39 is 0 Å². The molecule has 2 aromatic rings. The first-order valence-corrected chi connectivity index (χ1v) is 5.62. The van der Waals surface area contributed by atoms with Gasteiger partial charge in [0.1, 0.15) is 5.82 Å². The molecular formula is C9H11BrN6. The standard InChI is InChI=1S/C9H11BrN6/c1-3-6-4-7(13-5(2)12-6)16-8(10)14-9(11)15-16/h4H,3H2,1-2H3,(H2,11,15). The molecule has 7 heteroatoms. The van der Waals surface area contributed by atoms with E-state index in [1.807, 2.05) is 19.9 Å². The molecule has 0 saturated carbocycles. The smallest absolute Gasteiger partial charge is 0.240 e. The Labute approximate surface area is 101 Å². The Bertz CT molecular complexity index is 521. The van der Waals surface area contributed by atoms with Crippen LogP contribution in [0.1, 0.15) is 18.4 Å². The van der Waals surface area contributed by atoms with Crippen LogP contribution < -0.4 is 5.73 Å². The Balaban J connectivity index is 2.55. The third-order valence-electron chi connectivity index (χ3n) is 2.04. The van der Waals surface area contributed by atoms with Crippen molar-refractivity contribution < 1.29 is 0 Å². The van der Waals surface area contributed by atoms with E-state index in [1.54, 1.807) is 4.68 Å². The molecule has 16 heavy (non-hydrogen) atoms. The van der Waals surface area contributed by atoms with Gasteiger partial charge in [0.2, 0.25) is 10.7 Å². The minimum absolute atomic E-state index is 0.209. The van der Waals surface area contributed by atoms with Crippen LogP contribution in [-0.2, 0) is 6.42 Å². The van der Waals surface area contributed by atoms with Gasteiger partial charge in [0.15, 0.2) is 5.82 Å². The number of rotatable bonds is 2. The summed E-state index contributed by atoms with van der Waals surface area (Å²) in [6, 6.07) is 1.87. The van der Waals surface area contributed by atoms with Gasteiger partial charge in [-0.05, 0) is 29.3 Å². The van der Waals surface area contributed by atoms with E-state index in [9.17, 15) is 0 Å². The van der Waals surface area contributed by atoms with Gasteiger partial charge >= 0.3 is 0 Å². The van der Waals surface area contributed by atoms with Crippen molar-refractivity contribution >= 4 is 21.9 Å². The predicted molar refractivity (Wildman–Crippen MR) is 63.2 cm³/mol. The highest BCUT2D eigenvalue weighted by atomic mass is 79.9. The molecule has 6 nitrogen and oxygen atoms in total. The quantitative estimate of drug-likeness (QED) is 0.897. The number of nitrogen functional groups attached to an aromatic ring is 1. The summed E-state index contributed by atoms with van der Waals surface area (Å²) in [6.07, 6.45) is 0.845. The van der Waals surface area contributed by atoms with Crippen molar-refractivity contribution in [2.75, 3.05) is 5.73 Å². The third kappa shape index (κ3) is 2.04. The van der Waals surface area contributed by atoms with E-state index in [2.05, 4.69) is 36.0 Å².